The summed E-state index contributed by atoms with van der Waals surface area (Å²) >= 11 is 0. The Morgan fingerprint density at radius 1 is 0.390 bits per heavy atom. The molecule has 5 heteroatoms. The molecule has 0 aliphatic heterocycles. The number of benzene rings is 5. The van der Waals surface area contributed by atoms with Crippen LogP contribution in [0.25, 0.3) is 10.8 Å². The standard InChI is InChI=1S/C54H75O3PS/c1-5-9-12-15-18-30-41-49-50(42-31-19-16-13-10-6-2)52(44-32-20-17-14-11-7-3)54(53-45-34-33-43-51(49)53)59(55,56)57-58(8-4,46-35-24-21-25-36-46,47-37-26-22-27-38-47)48-39-28-23-29-40-48/h21-29,33-40,43,45H,5-20,30-32,41-42,44H2,1-4H3. The molecule has 0 aliphatic carbocycles. The molecule has 0 N–H and O–H groups in total. The van der Waals surface area contributed by atoms with Crippen molar-refractivity contribution in [2.24, 2.45) is 0 Å². The number of hydrogen-bond acceptors (Lipinski definition) is 3. The van der Waals surface area contributed by atoms with Gasteiger partial charge < -0.3 is 0 Å². The number of fused-ring (bicyclic) bond motifs is 1. The zero-order valence-electron chi connectivity index (χ0n) is 37.1. The molecule has 0 aliphatic rings. The molecule has 0 amide bonds. The van der Waals surface area contributed by atoms with Gasteiger partial charge in [-0.2, -0.15) is 0 Å². The van der Waals surface area contributed by atoms with Crippen LogP contribution in [0.4, 0.5) is 0 Å². The molecule has 5 aromatic rings. The molecule has 0 saturated heterocycles. The summed E-state index contributed by atoms with van der Waals surface area (Å²) in [5.74, 6) is 0. The van der Waals surface area contributed by atoms with E-state index in [1.807, 2.05) is 60.7 Å². The second-order valence-corrected chi connectivity index (χ2v) is 23.4. The minimum atomic E-state index is -4.40. The van der Waals surface area contributed by atoms with Crippen molar-refractivity contribution in [2.75, 3.05) is 6.16 Å². The molecule has 0 radical (unpaired) electrons. The molecule has 5 aromatic carbocycles. The third kappa shape index (κ3) is 11.2. The topological polar surface area (TPSA) is 43.4 Å². The number of aryl methyl sites for hydroxylation is 1. The molecule has 0 atom stereocenters. The van der Waals surface area contributed by atoms with Gasteiger partial charge in [0.2, 0.25) is 0 Å². The van der Waals surface area contributed by atoms with Crippen LogP contribution in [0.5, 0.6) is 0 Å². The first-order chi connectivity index (χ1) is 28.9. The van der Waals surface area contributed by atoms with E-state index in [1.54, 1.807) is 0 Å². The summed E-state index contributed by atoms with van der Waals surface area (Å²) in [4.78, 5) is 0.416. The van der Waals surface area contributed by atoms with E-state index in [4.69, 9.17) is 3.97 Å². The predicted molar refractivity (Wildman–Crippen MR) is 259 cm³/mol. The fourth-order valence-corrected chi connectivity index (χ4v) is 18.5. The van der Waals surface area contributed by atoms with E-state index >= 15 is 8.42 Å². The quantitative estimate of drug-likeness (QED) is 0.0372. The van der Waals surface area contributed by atoms with Crippen LogP contribution in [0.2, 0.25) is 0 Å². The minimum Gasteiger partial charge on any atom is -0.0654 e. The summed E-state index contributed by atoms with van der Waals surface area (Å²) in [6.07, 6.45) is 24.7. The smallest absolute Gasteiger partial charge is 0.0654 e. The van der Waals surface area contributed by atoms with E-state index in [0.717, 1.165) is 77.2 Å². The van der Waals surface area contributed by atoms with Gasteiger partial charge in [-0.05, 0) is 0 Å². The van der Waals surface area contributed by atoms with Crippen LogP contribution in [0.15, 0.2) is 120 Å². The third-order valence-electron chi connectivity index (χ3n) is 12.9. The van der Waals surface area contributed by atoms with Crippen LogP contribution in [-0.4, -0.2) is 14.6 Å². The molecule has 0 aromatic heterocycles. The normalized spacial score (nSPS) is 12.8. The average Bonchev–Trinajstić information content (AvgIpc) is 3.27. The van der Waals surface area contributed by atoms with Gasteiger partial charge in [-0.15, -0.1) is 0 Å². The Balaban J connectivity index is 1.77. The van der Waals surface area contributed by atoms with Gasteiger partial charge in [0.05, 0.1) is 0 Å². The SMILES string of the molecule is CCCCCCCCc1c(CCCCCCCC)c(S(=O)(=O)OP(CC)(c2ccccc2)(c2ccccc2)c2ccccc2)c2ccccc2c1CCCCCCCC. The summed E-state index contributed by atoms with van der Waals surface area (Å²) < 4.78 is 40.0. The molecule has 5 rings (SSSR count). The summed E-state index contributed by atoms with van der Waals surface area (Å²) in [6.45, 7) is 4.77. The average molecular weight is 835 g/mol. The van der Waals surface area contributed by atoms with Crippen molar-refractivity contribution in [1.29, 1.82) is 0 Å². The van der Waals surface area contributed by atoms with E-state index < -0.39 is 16.9 Å². The first-order valence-electron chi connectivity index (χ1n) is 23.6. The van der Waals surface area contributed by atoms with Crippen LogP contribution >= 0.6 is 6.83 Å². The maximum atomic E-state index is 16.2. The molecule has 0 fully saturated rings. The summed E-state index contributed by atoms with van der Waals surface area (Å²) in [5.41, 5.74) is 3.70. The fraction of sp³-hybridized carbons (Fsp3) is 0.481. The molecule has 3 nitrogen and oxygen atoms in total. The molecule has 0 spiro atoms. The van der Waals surface area contributed by atoms with Gasteiger partial charge in [-0.3, -0.25) is 0 Å². The van der Waals surface area contributed by atoms with Crippen LogP contribution in [0.3, 0.4) is 0 Å². The summed E-state index contributed by atoms with van der Waals surface area (Å²) in [7, 11) is -4.40. The van der Waals surface area contributed by atoms with Gasteiger partial charge in [0, 0.05) is 0 Å². The fourth-order valence-electron chi connectivity index (χ4n) is 9.63. The van der Waals surface area contributed by atoms with Crippen molar-refractivity contribution in [2.45, 2.75) is 167 Å². The van der Waals surface area contributed by atoms with E-state index in [-0.39, 0.29) is 0 Å². The van der Waals surface area contributed by atoms with Crippen LogP contribution in [0, 0.1) is 0 Å². The zero-order valence-corrected chi connectivity index (χ0v) is 38.8. The Morgan fingerprint density at radius 2 is 0.729 bits per heavy atom. The maximum absolute atomic E-state index is 16.2. The molecule has 0 saturated carbocycles. The van der Waals surface area contributed by atoms with Gasteiger partial charge in [0.1, 0.15) is 0 Å². The van der Waals surface area contributed by atoms with Crippen molar-refractivity contribution in [3.05, 3.63) is 132 Å². The van der Waals surface area contributed by atoms with E-state index in [2.05, 4.69) is 82.3 Å². The molecule has 0 bridgehead atoms. The first-order valence-corrected chi connectivity index (χ1v) is 27.3. The minimum absolute atomic E-state index is 0.416. The molecular weight excluding hydrogens is 760 g/mol. The van der Waals surface area contributed by atoms with Crippen molar-refractivity contribution in [3.63, 3.8) is 0 Å². The summed E-state index contributed by atoms with van der Waals surface area (Å²) in [6, 6.07) is 39.2. The molecule has 320 valence electrons. The van der Waals surface area contributed by atoms with Crippen molar-refractivity contribution in [1.82, 2.24) is 0 Å². The molecule has 0 heterocycles. The predicted octanol–water partition coefficient (Wildman–Crippen LogP) is 14.7. The second kappa shape index (κ2) is 23.6. The van der Waals surface area contributed by atoms with Crippen LogP contribution in [-0.2, 0) is 33.4 Å². The van der Waals surface area contributed by atoms with Gasteiger partial charge in [-0.1, -0.05) is 20.3 Å². The van der Waals surface area contributed by atoms with E-state index in [1.165, 1.54) is 101 Å². The Labute approximate surface area is 359 Å². The second-order valence-electron chi connectivity index (χ2n) is 16.9. The molecule has 0 unspecified atom stereocenters. The van der Waals surface area contributed by atoms with Crippen molar-refractivity contribution < 1.29 is 12.4 Å². The Morgan fingerprint density at radius 3 is 1.14 bits per heavy atom. The van der Waals surface area contributed by atoms with Gasteiger partial charge in [0.15, 0.2) is 0 Å². The monoisotopic (exact) mass is 835 g/mol. The number of unbranched alkanes of at least 4 members (excludes halogenated alkanes) is 15. The number of rotatable bonds is 28. The Kier molecular flexibility index (Phi) is 18.7. The Hall–Kier alpha value is -3.30. The van der Waals surface area contributed by atoms with Crippen molar-refractivity contribution >= 4 is 43.6 Å². The third-order valence-corrected chi connectivity index (χ3v) is 21.3. The first kappa shape index (κ1) is 46.8. The Bertz CT molecular complexity index is 1980. The van der Waals surface area contributed by atoms with Crippen molar-refractivity contribution in [3.8, 4) is 0 Å². The van der Waals surface area contributed by atoms with E-state index in [0.29, 0.717) is 11.1 Å². The molecule has 59 heavy (non-hydrogen) atoms. The van der Waals surface area contributed by atoms with Gasteiger partial charge in [0.25, 0.3) is 0 Å². The van der Waals surface area contributed by atoms with Gasteiger partial charge in [-0.25, -0.2) is 0 Å². The molecular formula is C54H75O3PS. The van der Waals surface area contributed by atoms with Crippen LogP contribution in [0.1, 0.15) is 160 Å². The zero-order chi connectivity index (χ0) is 41.8. The van der Waals surface area contributed by atoms with E-state index in [9.17, 15) is 0 Å². The van der Waals surface area contributed by atoms with Gasteiger partial charge >= 0.3 is 341 Å². The summed E-state index contributed by atoms with van der Waals surface area (Å²) in [5, 5.41) is 4.69. The number of hydrogen-bond donors (Lipinski definition) is 0. The van der Waals surface area contributed by atoms with Crippen LogP contribution < -0.4 is 15.9 Å².